The molecule has 4 heteroatoms. The van der Waals surface area contributed by atoms with Gasteiger partial charge in [-0.2, -0.15) is 0 Å². The lowest BCUT2D eigenvalue weighted by Gasteiger charge is -2.06. The van der Waals surface area contributed by atoms with Crippen molar-refractivity contribution < 1.29 is 9.61 Å². The molecule has 0 N–H and O–H groups in total. The first-order valence-corrected chi connectivity index (χ1v) is 1.24. The van der Waals surface area contributed by atoms with E-state index in [0.29, 0.717) is 0 Å². The molecule has 1 fully saturated rings. The molecule has 0 atom stereocenters. The highest BCUT2D eigenvalue weighted by molar-refractivity contribution is 6.96. The van der Waals surface area contributed by atoms with Crippen LogP contribution in [-0.4, -0.2) is 14.7 Å². The van der Waals surface area contributed by atoms with Gasteiger partial charge in [0.2, 0.25) is 0 Å². The first-order chi connectivity index (χ1) is 2.00. The van der Waals surface area contributed by atoms with Gasteiger partial charge in [0.1, 0.15) is 0 Å². The first kappa shape index (κ1) is 2.30. The molecular weight excluding hydrogens is 53.6 g/mol. The molecule has 0 unspecified atom stereocenters. The second-order valence-electron chi connectivity index (χ2n) is 0.644. The Labute approximate surface area is 25.6 Å². The molecule has 4 heavy (non-hydrogen) atoms. The SMILES string of the molecule is B1BOO1. The van der Waals surface area contributed by atoms with Gasteiger partial charge in [-0.25, -0.2) is 0 Å². The summed E-state index contributed by atoms with van der Waals surface area (Å²) in [6.45, 7) is 0. The first-order valence-electron chi connectivity index (χ1n) is 1.24. The van der Waals surface area contributed by atoms with Gasteiger partial charge in [0, 0.05) is 0 Å². The Kier molecular flexibility index (Phi) is 0.449. The smallest absolute Gasteiger partial charge is 0.320 e. The van der Waals surface area contributed by atoms with Crippen molar-refractivity contribution in [1.29, 1.82) is 0 Å². The van der Waals surface area contributed by atoms with E-state index in [-0.39, 0.29) is 0 Å². The molecule has 0 saturated carbocycles. The zero-order valence-electron chi connectivity index (χ0n) is 2.23. The van der Waals surface area contributed by atoms with Crippen LogP contribution in [0.2, 0.25) is 0 Å². The Hall–Kier alpha value is 0.0499. The monoisotopic (exact) mass is 56.0 g/mol. The normalized spacial score (nSPS) is 20.0. The summed E-state index contributed by atoms with van der Waals surface area (Å²) in [6, 6.07) is 0. The highest BCUT2D eigenvalue weighted by Crippen LogP contribution is 1.79. The molecule has 1 rings (SSSR count). The Bertz CT molecular complexity index is 12.0. The Morgan fingerprint density at radius 2 is 1.25 bits per heavy atom. The van der Waals surface area contributed by atoms with Crippen LogP contribution < -0.4 is 0 Å². The summed E-state index contributed by atoms with van der Waals surface area (Å²) in [7, 11) is 1.56. The van der Waals surface area contributed by atoms with E-state index in [1.165, 1.54) is 0 Å². The molecule has 1 heterocycles. The predicted octanol–water partition coefficient (Wildman–Crippen LogP) is -1.43. The minimum Gasteiger partial charge on any atom is -0.333 e. The van der Waals surface area contributed by atoms with Crippen molar-refractivity contribution in [2.45, 2.75) is 0 Å². The zero-order valence-corrected chi connectivity index (χ0v) is 2.23. The predicted molar refractivity (Wildman–Crippen MR) is 16.5 cm³/mol. The van der Waals surface area contributed by atoms with Crippen molar-refractivity contribution in [3.05, 3.63) is 0 Å². The summed E-state index contributed by atoms with van der Waals surface area (Å²) >= 11 is 0. The standard InChI is InChI=1S/B2H2O2/c1-2-4-3-1/h1-2H. The van der Waals surface area contributed by atoms with Crippen molar-refractivity contribution in [2.75, 3.05) is 0 Å². The largest absolute Gasteiger partial charge is 0.333 e. The topological polar surface area (TPSA) is 18.5 Å². The molecule has 2 nitrogen and oxygen atoms in total. The molecule has 20 valence electrons. The Balaban J connectivity index is 2.00. The minimum atomic E-state index is 0.778. The molecule has 0 radical (unpaired) electrons. The molecule has 0 amide bonds. The van der Waals surface area contributed by atoms with Crippen molar-refractivity contribution in [1.82, 2.24) is 0 Å². The number of hydrogen-bond donors (Lipinski definition) is 0. The maximum absolute atomic E-state index is 4.22. The highest BCUT2D eigenvalue weighted by Gasteiger charge is 2.05. The van der Waals surface area contributed by atoms with E-state index in [1.54, 1.807) is 0 Å². The highest BCUT2D eigenvalue weighted by atomic mass is 17.2. The van der Waals surface area contributed by atoms with E-state index >= 15 is 0 Å². The van der Waals surface area contributed by atoms with Gasteiger partial charge in [-0.15, -0.1) is 0 Å². The average molecular weight is 55.6 g/mol. The van der Waals surface area contributed by atoms with Gasteiger partial charge in [0.15, 0.2) is 0 Å². The van der Waals surface area contributed by atoms with Crippen LogP contribution in [-0.2, 0) is 9.61 Å². The van der Waals surface area contributed by atoms with Gasteiger partial charge in [-0.05, 0) is 0 Å². The van der Waals surface area contributed by atoms with Crippen LogP contribution in [0.15, 0.2) is 0 Å². The maximum Gasteiger partial charge on any atom is 0.320 e. The van der Waals surface area contributed by atoms with Crippen LogP contribution in [0, 0.1) is 0 Å². The van der Waals surface area contributed by atoms with E-state index in [0.717, 1.165) is 14.7 Å². The van der Waals surface area contributed by atoms with E-state index in [1.807, 2.05) is 0 Å². The van der Waals surface area contributed by atoms with Gasteiger partial charge in [0.25, 0.3) is 0 Å². The second kappa shape index (κ2) is 0.781. The summed E-state index contributed by atoms with van der Waals surface area (Å²) in [5.74, 6) is 0. The maximum atomic E-state index is 4.22. The Morgan fingerprint density at radius 1 is 1.00 bits per heavy atom. The minimum absolute atomic E-state index is 0.778. The van der Waals surface area contributed by atoms with Crippen molar-refractivity contribution in [3.8, 4) is 0 Å². The van der Waals surface area contributed by atoms with Gasteiger partial charge in [0.05, 0.1) is 0 Å². The summed E-state index contributed by atoms with van der Waals surface area (Å²) in [5.41, 5.74) is 0. The molecular formula is H2B2O2. The van der Waals surface area contributed by atoms with Gasteiger partial charge < -0.3 is 9.61 Å². The lowest BCUT2D eigenvalue weighted by Crippen LogP contribution is -2.24. The van der Waals surface area contributed by atoms with Crippen molar-refractivity contribution in [3.63, 3.8) is 0 Å². The fourth-order valence-electron chi connectivity index (χ4n) is 0.0833. The molecule has 1 aliphatic rings. The molecule has 1 saturated heterocycles. The van der Waals surface area contributed by atoms with E-state index in [4.69, 9.17) is 0 Å². The summed E-state index contributed by atoms with van der Waals surface area (Å²) < 4.78 is 0. The second-order valence-corrected chi connectivity index (χ2v) is 0.644. The van der Waals surface area contributed by atoms with Crippen LogP contribution in [0.3, 0.4) is 0 Å². The fourth-order valence-corrected chi connectivity index (χ4v) is 0.0833. The summed E-state index contributed by atoms with van der Waals surface area (Å²) in [4.78, 5) is 8.44. The average Bonchev–Trinajstić information content (AvgIpc) is 0.722. The molecule has 0 aromatic carbocycles. The summed E-state index contributed by atoms with van der Waals surface area (Å²) in [6.07, 6.45) is 0. The van der Waals surface area contributed by atoms with Crippen LogP contribution in [0.1, 0.15) is 0 Å². The molecule has 0 bridgehead atoms. The lowest BCUT2D eigenvalue weighted by atomic mass is 9.63. The summed E-state index contributed by atoms with van der Waals surface area (Å²) in [5, 5.41) is 0. The fraction of sp³-hybridized carbons (Fsp3) is 0. The van der Waals surface area contributed by atoms with E-state index in [9.17, 15) is 0 Å². The van der Waals surface area contributed by atoms with Crippen molar-refractivity contribution >= 4 is 14.7 Å². The van der Waals surface area contributed by atoms with E-state index < -0.39 is 0 Å². The van der Waals surface area contributed by atoms with Crippen LogP contribution in [0.25, 0.3) is 0 Å². The Morgan fingerprint density at radius 3 is 1.25 bits per heavy atom. The lowest BCUT2D eigenvalue weighted by molar-refractivity contribution is -0.120. The van der Waals surface area contributed by atoms with Gasteiger partial charge in [-0.3, -0.25) is 0 Å². The molecule has 0 aromatic rings. The molecule has 0 aliphatic carbocycles. The van der Waals surface area contributed by atoms with E-state index in [2.05, 4.69) is 9.61 Å². The molecule has 0 aromatic heterocycles. The van der Waals surface area contributed by atoms with Crippen LogP contribution in [0.5, 0.6) is 0 Å². The van der Waals surface area contributed by atoms with Crippen molar-refractivity contribution in [2.24, 2.45) is 0 Å². The quantitative estimate of drug-likeness (QED) is 0.250. The number of rotatable bonds is 0. The number of hydrogen-bond acceptors (Lipinski definition) is 2. The third-order valence-electron chi connectivity index (χ3n) is 0.333. The third-order valence-corrected chi connectivity index (χ3v) is 0.333. The van der Waals surface area contributed by atoms with Crippen LogP contribution >= 0.6 is 0 Å². The van der Waals surface area contributed by atoms with Crippen LogP contribution in [0.4, 0.5) is 0 Å². The zero-order chi connectivity index (χ0) is 2.83. The molecule has 1 aliphatic heterocycles. The van der Waals surface area contributed by atoms with Gasteiger partial charge >= 0.3 is 14.7 Å². The van der Waals surface area contributed by atoms with Gasteiger partial charge in [-0.1, -0.05) is 0 Å². The molecule has 0 spiro atoms. The third kappa shape index (κ3) is 0.138.